The van der Waals surface area contributed by atoms with Gasteiger partial charge in [-0.15, -0.1) is 0 Å². The fraction of sp³-hybridized carbons (Fsp3) is 1.00. The molecule has 0 atom stereocenters. The summed E-state index contributed by atoms with van der Waals surface area (Å²) in [6.07, 6.45) is 0. The van der Waals surface area contributed by atoms with Crippen LogP contribution < -0.4 is 24.2 Å². The summed E-state index contributed by atoms with van der Waals surface area (Å²) in [6, 6.07) is 0. The maximum Gasteiger partial charge on any atom is 1.00 e. The molecule has 0 aromatic heterocycles. The zero-order valence-corrected chi connectivity index (χ0v) is 4.74. The Bertz CT molecular complexity index is 31.5. The molecule has 2 nitrogen and oxygen atoms in total. The molecule has 0 saturated carbocycles. The van der Waals surface area contributed by atoms with Gasteiger partial charge in [0.05, 0.1) is 13.2 Å². The van der Waals surface area contributed by atoms with Crippen LogP contribution in [0.5, 0.6) is 0 Å². The summed E-state index contributed by atoms with van der Waals surface area (Å²) in [4.78, 5) is 0. The molecule has 0 aliphatic carbocycles. The van der Waals surface area contributed by atoms with Crippen molar-refractivity contribution in [3.8, 4) is 0 Å². The van der Waals surface area contributed by atoms with Crippen LogP contribution in [0.25, 0.3) is 0 Å². The quantitative estimate of drug-likeness (QED) is 0.328. The van der Waals surface area contributed by atoms with Gasteiger partial charge < -0.3 is 10.1 Å². The Labute approximate surface area is 72.7 Å². The Morgan fingerprint density at radius 3 is 1.75 bits per heavy atom. The second-order valence-electron chi connectivity index (χ2n) is 1.36. The van der Waals surface area contributed by atoms with Gasteiger partial charge in [-0.25, -0.2) is 0 Å². The summed E-state index contributed by atoms with van der Waals surface area (Å²) in [6.45, 7) is 3.83. The molecule has 1 rings (SSSR count). The van der Waals surface area contributed by atoms with Crippen molar-refractivity contribution >= 4 is 17.4 Å². The summed E-state index contributed by atoms with van der Waals surface area (Å²) in [5, 5.41) is 3.16. The van der Waals surface area contributed by atoms with Crippen LogP contribution in [0, 0.1) is 0 Å². The van der Waals surface area contributed by atoms with E-state index in [0.717, 1.165) is 26.3 Å². The predicted molar refractivity (Wildman–Crippen MR) is 35.0 cm³/mol. The zero-order valence-electron chi connectivity index (χ0n) is 4.74. The Kier molecular flexibility index (Phi) is 11.9. The molecule has 1 heterocycles. The third-order valence-electron chi connectivity index (χ3n) is 0.846. The molecule has 44 valence electrons. The fourth-order valence-electron chi connectivity index (χ4n) is 0.516. The van der Waals surface area contributed by atoms with Gasteiger partial charge in [-0.3, -0.25) is 0 Å². The van der Waals surface area contributed by atoms with Gasteiger partial charge in [0.2, 0.25) is 0 Å². The van der Waals surface area contributed by atoms with Gasteiger partial charge in [0.25, 0.3) is 0 Å². The van der Waals surface area contributed by atoms with Gasteiger partial charge in [0.1, 0.15) is 0 Å². The molecular formula is C4H13AlLiNO. The molecule has 0 aromatic carbocycles. The van der Waals surface area contributed by atoms with E-state index in [1.807, 2.05) is 0 Å². The van der Waals surface area contributed by atoms with Gasteiger partial charge in [-0.2, -0.15) is 0 Å². The van der Waals surface area contributed by atoms with Crippen LogP contribution in [0.4, 0.5) is 0 Å². The summed E-state index contributed by atoms with van der Waals surface area (Å²) < 4.78 is 5.01. The molecule has 0 bridgehead atoms. The van der Waals surface area contributed by atoms with Gasteiger partial charge in [-0.1, -0.05) is 0 Å². The SMILES string of the molecule is C1COCCN1.[AlH4-].[Li+]. The molecule has 1 fully saturated rings. The topological polar surface area (TPSA) is 21.3 Å². The minimum atomic E-state index is 0. The molecule has 1 aliphatic heterocycles. The second kappa shape index (κ2) is 8.05. The van der Waals surface area contributed by atoms with E-state index in [4.69, 9.17) is 4.74 Å². The van der Waals surface area contributed by atoms with Crippen molar-refractivity contribution in [2.24, 2.45) is 0 Å². The molecule has 0 aromatic rings. The number of morpholine rings is 1. The molecule has 0 spiro atoms. The van der Waals surface area contributed by atoms with Crippen molar-refractivity contribution in [1.82, 2.24) is 5.32 Å². The molecule has 1 aliphatic rings. The van der Waals surface area contributed by atoms with Crippen LogP contribution in [0.15, 0.2) is 0 Å². The van der Waals surface area contributed by atoms with Crippen molar-refractivity contribution < 1.29 is 23.6 Å². The Balaban J connectivity index is 0. The maximum absolute atomic E-state index is 5.01. The number of nitrogens with one attached hydrogen (secondary N) is 1. The van der Waals surface area contributed by atoms with Crippen molar-refractivity contribution in [3.63, 3.8) is 0 Å². The van der Waals surface area contributed by atoms with Crippen LogP contribution in [0.2, 0.25) is 0 Å². The van der Waals surface area contributed by atoms with Gasteiger partial charge in [0, 0.05) is 30.5 Å². The van der Waals surface area contributed by atoms with Gasteiger partial charge >= 0.3 is 18.9 Å². The standard InChI is InChI=1S/C4H9NO.Al.Li.4H/c1-3-6-4-2-5-1;;;;;;/h5H,1-4H2;;;;;;/q;-1;+1;;;;. The first-order valence-corrected chi connectivity index (χ1v) is 2.28. The summed E-state index contributed by atoms with van der Waals surface area (Å²) in [5.74, 6) is 0. The largest absolute Gasteiger partial charge is 1.00 e. The van der Waals surface area contributed by atoms with Crippen LogP contribution in [0.1, 0.15) is 0 Å². The monoisotopic (exact) mass is 125 g/mol. The van der Waals surface area contributed by atoms with Crippen molar-refractivity contribution in [1.29, 1.82) is 0 Å². The van der Waals surface area contributed by atoms with Crippen LogP contribution >= 0.6 is 0 Å². The molecule has 1 saturated heterocycles. The first-order valence-electron chi connectivity index (χ1n) is 2.28. The number of ether oxygens (including phenoxy) is 1. The molecule has 0 amide bonds. The molecule has 4 heteroatoms. The van der Waals surface area contributed by atoms with E-state index in [-0.39, 0.29) is 36.2 Å². The number of rotatable bonds is 0. The van der Waals surface area contributed by atoms with Gasteiger partial charge in [-0.05, 0) is 0 Å². The van der Waals surface area contributed by atoms with Crippen molar-refractivity contribution in [2.75, 3.05) is 26.3 Å². The van der Waals surface area contributed by atoms with Crippen LogP contribution in [0.3, 0.4) is 0 Å². The summed E-state index contributed by atoms with van der Waals surface area (Å²) in [5.41, 5.74) is 0. The predicted octanol–water partition coefficient (Wildman–Crippen LogP) is -4.84. The van der Waals surface area contributed by atoms with E-state index in [1.165, 1.54) is 0 Å². The Hall–Kier alpha value is 1.05. The van der Waals surface area contributed by atoms with Gasteiger partial charge in [0.15, 0.2) is 0 Å². The normalized spacial score (nSPS) is 18.0. The average molecular weight is 125 g/mol. The number of hydrogen-bond donors (Lipinski definition) is 1. The summed E-state index contributed by atoms with van der Waals surface area (Å²) in [7, 11) is 0. The molecule has 1 N–H and O–H groups in total. The smallest absolute Gasteiger partial charge is 0.379 e. The second-order valence-corrected chi connectivity index (χ2v) is 1.36. The van der Waals surface area contributed by atoms with E-state index in [9.17, 15) is 0 Å². The van der Waals surface area contributed by atoms with Crippen molar-refractivity contribution in [3.05, 3.63) is 0 Å². The third-order valence-corrected chi connectivity index (χ3v) is 0.846. The molecular weight excluding hydrogens is 112 g/mol. The average Bonchev–Trinajstić information content (AvgIpc) is 1.72. The first kappa shape index (κ1) is 11.8. The van der Waals surface area contributed by atoms with E-state index in [0.29, 0.717) is 0 Å². The summed E-state index contributed by atoms with van der Waals surface area (Å²) >= 11 is 0. The Morgan fingerprint density at radius 1 is 1.12 bits per heavy atom. The third kappa shape index (κ3) is 5.19. The minimum absolute atomic E-state index is 0. The zero-order chi connectivity index (χ0) is 4.24. The molecule has 8 heavy (non-hydrogen) atoms. The minimum Gasteiger partial charge on any atom is -0.379 e. The van der Waals surface area contributed by atoms with Crippen molar-refractivity contribution in [2.45, 2.75) is 0 Å². The Morgan fingerprint density at radius 2 is 1.62 bits per heavy atom. The maximum atomic E-state index is 5.01. The van der Waals surface area contributed by atoms with E-state index in [2.05, 4.69) is 5.32 Å². The fourth-order valence-corrected chi connectivity index (χ4v) is 0.516. The number of hydrogen-bond acceptors (Lipinski definition) is 2. The van der Waals surface area contributed by atoms with E-state index >= 15 is 0 Å². The molecule has 0 unspecified atom stereocenters. The first-order chi connectivity index (χ1) is 3.00. The van der Waals surface area contributed by atoms with Crippen LogP contribution in [-0.4, -0.2) is 43.7 Å². The van der Waals surface area contributed by atoms with E-state index in [1.54, 1.807) is 0 Å². The molecule has 0 radical (unpaired) electrons. The van der Waals surface area contributed by atoms with E-state index < -0.39 is 0 Å². The van der Waals surface area contributed by atoms with Crippen LogP contribution in [-0.2, 0) is 4.74 Å².